The summed E-state index contributed by atoms with van der Waals surface area (Å²) in [7, 11) is 0. The lowest BCUT2D eigenvalue weighted by Gasteiger charge is -2.19. The molecule has 1 aliphatic heterocycles. The molecular formula is C14H11BrO4. The van der Waals surface area contributed by atoms with E-state index in [0.29, 0.717) is 46.1 Å². The standard InChI is InChI=1S/C14H11BrO4/c1-8-9(2-3-17-8)14(16)10-6-12-13(7-11(10)15)19-5-4-18-12/h2-3,6-7H,4-5H2,1H3. The van der Waals surface area contributed by atoms with E-state index in [1.807, 2.05) is 0 Å². The summed E-state index contributed by atoms with van der Waals surface area (Å²) in [5.41, 5.74) is 1.09. The number of ketones is 1. The molecule has 2 heterocycles. The summed E-state index contributed by atoms with van der Waals surface area (Å²) >= 11 is 3.40. The van der Waals surface area contributed by atoms with E-state index >= 15 is 0 Å². The van der Waals surface area contributed by atoms with Gasteiger partial charge in [0.25, 0.3) is 0 Å². The van der Waals surface area contributed by atoms with Crippen molar-refractivity contribution in [3.05, 3.63) is 45.8 Å². The number of furan rings is 1. The molecule has 4 nitrogen and oxygen atoms in total. The monoisotopic (exact) mass is 322 g/mol. The van der Waals surface area contributed by atoms with Gasteiger partial charge in [-0.2, -0.15) is 0 Å². The molecule has 0 fully saturated rings. The van der Waals surface area contributed by atoms with Gasteiger partial charge in [-0.25, -0.2) is 0 Å². The van der Waals surface area contributed by atoms with E-state index < -0.39 is 0 Å². The molecule has 0 unspecified atom stereocenters. The number of benzene rings is 1. The average Bonchev–Trinajstić information content (AvgIpc) is 2.83. The minimum atomic E-state index is -0.102. The fourth-order valence-corrected chi connectivity index (χ4v) is 2.51. The van der Waals surface area contributed by atoms with Crippen molar-refractivity contribution in [1.82, 2.24) is 0 Å². The van der Waals surface area contributed by atoms with Crippen LogP contribution in [0.1, 0.15) is 21.7 Å². The molecule has 0 atom stereocenters. The Morgan fingerprint density at radius 2 is 1.84 bits per heavy atom. The Morgan fingerprint density at radius 3 is 2.47 bits per heavy atom. The maximum atomic E-state index is 12.4. The first-order valence-electron chi connectivity index (χ1n) is 5.85. The molecule has 0 aliphatic carbocycles. The van der Waals surface area contributed by atoms with Gasteiger partial charge in [-0.3, -0.25) is 4.79 Å². The molecule has 0 spiro atoms. The third-order valence-electron chi connectivity index (χ3n) is 2.98. The van der Waals surface area contributed by atoms with Crippen molar-refractivity contribution < 1.29 is 18.7 Å². The van der Waals surface area contributed by atoms with Gasteiger partial charge < -0.3 is 13.9 Å². The molecule has 0 saturated carbocycles. The number of hydrogen-bond donors (Lipinski definition) is 0. The zero-order chi connectivity index (χ0) is 13.4. The number of fused-ring (bicyclic) bond motifs is 1. The Morgan fingerprint density at radius 1 is 1.16 bits per heavy atom. The largest absolute Gasteiger partial charge is 0.486 e. The lowest BCUT2D eigenvalue weighted by atomic mass is 10.0. The average molecular weight is 323 g/mol. The maximum absolute atomic E-state index is 12.4. The SMILES string of the molecule is Cc1occc1C(=O)c1cc2c(cc1Br)OCCO2. The highest BCUT2D eigenvalue weighted by Gasteiger charge is 2.21. The molecule has 1 aliphatic rings. The fraction of sp³-hybridized carbons (Fsp3) is 0.214. The molecule has 0 saturated heterocycles. The van der Waals surface area contributed by atoms with Crippen LogP contribution in [-0.2, 0) is 0 Å². The molecule has 3 rings (SSSR count). The number of carbonyl (C=O) groups is 1. The van der Waals surface area contributed by atoms with Crippen molar-refractivity contribution in [2.24, 2.45) is 0 Å². The molecular weight excluding hydrogens is 312 g/mol. The summed E-state index contributed by atoms with van der Waals surface area (Å²) in [4.78, 5) is 12.4. The number of rotatable bonds is 2. The molecule has 19 heavy (non-hydrogen) atoms. The Labute approximate surface area is 118 Å². The smallest absolute Gasteiger partial charge is 0.197 e. The highest BCUT2D eigenvalue weighted by Crippen LogP contribution is 2.36. The summed E-state index contributed by atoms with van der Waals surface area (Å²) < 4.78 is 16.8. The third kappa shape index (κ3) is 2.14. The highest BCUT2D eigenvalue weighted by molar-refractivity contribution is 9.10. The Kier molecular flexibility index (Phi) is 3.06. The highest BCUT2D eigenvalue weighted by atomic mass is 79.9. The second kappa shape index (κ2) is 4.74. The van der Waals surface area contributed by atoms with Gasteiger partial charge in [0, 0.05) is 10.0 Å². The predicted octanol–water partition coefficient (Wildman–Crippen LogP) is 3.35. The number of ether oxygens (including phenoxy) is 2. The predicted molar refractivity (Wildman–Crippen MR) is 72.0 cm³/mol. The van der Waals surface area contributed by atoms with Crippen molar-refractivity contribution in [2.75, 3.05) is 13.2 Å². The van der Waals surface area contributed by atoms with E-state index in [4.69, 9.17) is 13.9 Å². The third-order valence-corrected chi connectivity index (χ3v) is 3.64. The minimum absolute atomic E-state index is 0.102. The zero-order valence-electron chi connectivity index (χ0n) is 10.2. The Balaban J connectivity index is 2.06. The summed E-state index contributed by atoms with van der Waals surface area (Å²) in [6.45, 7) is 2.78. The van der Waals surface area contributed by atoms with Crippen LogP contribution in [-0.4, -0.2) is 19.0 Å². The first kappa shape index (κ1) is 12.3. The van der Waals surface area contributed by atoms with E-state index in [1.54, 1.807) is 25.1 Å². The summed E-state index contributed by atoms with van der Waals surface area (Å²) in [5.74, 6) is 1.75. The molecule has 0 radical (unpaired) electrons. The van der Waals surface area contributed by atoms with Crippen LogP contribution in [0.3, 0.4) is 0 Å². The second-order valence-electron chi connectivity index (χ2n) is 4.20. The molecule has 5 heteroatoms. The maximum Gasteiger partial charge on any atom is 0.197 e. The van der Waals surface area contributed by atoms with Crippen molar-refractivity contribution >= 4 is 21.7 Å². The number of carbonyl (C=O) groups excluding carboxylic acids is 1. The van der Waals surface area contributed by atoms with Crippen LogP contribution in [0.5, 0.6) is 11.5 Å². The van der Waals surface area contributed by atoms with Crippen LogP contribution in [0.25, 0.3) is 0 Å². The van der Waals surface area contributed by atoms with Crippen LogP contribution in [0.4, 0.5) is 0 Å². The Hall–Kier alpha value is -1.75. The number of hydrogen-bond acceptors (Lipinski definition) is 4. The first-order chi connectivity index (χ1) is 9.16. The summed E-state index contributed by atoms with van der Waals surface area (Å²) in [6.07, 6.45) is 1.51. The van der Waals surface area contributed by atoms with E-state index in [9.17, 15) is 4.79 Å². The summed E-state index contributed by atoms with van der Waals surface area (Å²) in [5, 5.41) is 0. The van der Waals surface area contributed by atoms with Crippen LogP contribution in [0.15, 0.2) is 33.4 Å². The zero-order valence-corrected chi connectivity index (χ0v) is 11.8. The van der Waals surface area contributed by atoms with E-state index in [2.05, 4.69) is 15.9 Å². The topological polar surface area (TPSA) is 48.7 Å². The minimum Gasteiger partial charge on any atom is -0.486 e. The van der Waals surface area contributed by atoms with Crippen molar-refractivity contribution in [2.45, 2.75) is 6.92 Å². The lowest BCUT2D eigenvalue weighted by Crippen LogP contribution is -2.16. The van der Waals surface area contributed by atoms with E-state index in [1.165, 1.54) is 6.26 Å². The quantitative estimate of drug-likeness (QED) is 0.795. The molecule has 0 N–H and O–H groups in total. The number of halogens is 1. The van der Waals surface area contributed by atoms with Crippen molar-refractivity contribution in [3.63, 3.8) is 0 Å². The van der Waals surface area contributed by atoms with Crippen LogP contribution < -0.4 is 9.47 Å². The second-order valence-corrected chi connectivity index (χ2v) is 5.05. The molecule has 0 amide bonds. The van der Waals surface area contributed by atoms with Gasteiger partial charge in [-0.1, -0.05) is 0 Å². The Bertz CT molecular complexity index is 645. The molecule has 2 aromatic rings. The van der Waals surface area contributed by atoms with E-state index in [0.717, 1.165) is 0 Å². The van der Waals surface area contributed by atoms with E-state index in [-0.39, 0.29) is 5.78 Å². The van der Waals surface area contributed by atoms with Crippen LogP contribution in [0.2, 0.25) is 0 Å². The summed E-state index contributed by atoms with van der Waals surface area (Å²) in [6, 6.07) is 5.13. The molecule has 1 aromatic heterocycles. The van der Waals surface area contributed by atoms with Crippen LogP contribution >= 0.6 is 15.9 Å². The van der Waals surface area contributed by atoms with Gasteiger partial charge in [0.2, 0.25) is 0 Å². The van der Waals surface area contributed by atoms with Gasteiger partial charge in [-0.05, 0) is 41.1 Å². The van der Waals surface area contributed by atoms with Gasteiger partial charge in [-0.15, -0.1) is 0 Å². The van der Waals surface area contributed by atoms with Crippen molar-refractivity contribution in [1.29, 1.82) is 0 Å². The lowest BCUT2D eigenvalue weighted by molar-refractivity contribution is 0.103. The van der Waals surface area contributed by atoms with Gasteiger partial charge in [0.05, 0.1) is 11.8 Å². The normalized spacial score (nSPS) is 13.4. The van der Waals surface area contributed by atoms with Crippen molar-refractivity contribution in [3.8, 4) is 11.5 Å². The number of aryl methyl sites for hydroxylation is 1. The fourth-order valence-electron chi connectivity index (χ4n) is 2.00. The van der Waals surface area contributed by atoms with Gasteiger partial charge >= 0.3 is 0 Å². The van der Waals surface area contributed by atoms with Gasteiger partial charge in [0.1, 0.15) is 19.0 Å². The first-order valence-corrected chi connectivity index (χ1v) is 6.64. The van der Waals surface area contributed by atoms with Gasteiger partial charge in [0.15, 0.2) is 17.3 Å². The molecule has 1 aromatic carbocycles. The molecule has 98 valence electrons. The van der Waals surface area contributed by atoms with Crippen LogP contribution in [0, 0.1) is 6.92 Å². The molecule has 0 bridgehead atoms.